The van der Waals surface area contributed by atoms with Crippen LogP contribution in [0, 0.1) is 11.6 Å². The summed E-state index contributed by atoms with van der Waals surface area (Å²) in [5, 5.41) is 6.76. The van der Waals surface area contributed by atoms with Crippen LogP contribution < -0.4 is 15.4 Å². The molecule has 2 aliphatic rings. The first-order chi connectivity index (χ1) is 12.6. The van der Waals surface area contributed by atoms with E-state index in [4.69, 9.17) is 4.74 Å². The molecule has 8 heteroatoms. The summed E-state index contributed by atoms with van der Waals surface area (Å²) in [5.41, 5.74) is 0. The number of hydrogen-bond acceptors (Lipinski definition) is 3. The Morgan fingerprint density at radius 1 is 1.30 bits per heavy atom. The highest BCUT2D eigenvalue weighted by atomic mass is 127. The summed E-state index contributed by atoms with van der Waals surface area (Å²) in [6.07, 6.45) is 3.77. The molecule has 2 atom stereocenters. The van der Waals surface area contributed by atoms with Crippen molar-refractivity contribution in [3.8, 4) is 5.75 Å². The molecule has 0 spiro atoms. The number of hydrogen-bond donors (Lipinski definition) is 2. The molecule has 1 aromatic rings. The monoisotopic (exact) mass is 494 g/mol. The van der Waals surface area contributed by atoms with E-state index in [9.17, 15) is 8.78 Å². The van der Waals surface area contributed by atoms with Gasteiger partial charge in [0.15, 0.2) is 17.6 Å². The first-order valence-electron chi connectivity index (χ1n) is 9.45. The van der Waals surface area contributed by atoms with Crippen molar-refractivity contribution in [2.24, 2.45) is 4.99 Å². The largest absolute Gasteiger partial charge is 0.492 e. The zero-order valence-electron chi connectivity index (χ0n) is 15.9. The molecule has 0 aromatic heterocycles. The van der Waals surface area contributed by atoms with E-state index in [0.717, 1.165) is 43.6 Å². The third kappa shape index (κ3) is 6.44. The van der Waals surface area contributed by atoms with E-state index in [1.165, 1.54) is 18.9 Å². The van der Waals surface area contributed by atoms with Gasteiger partial charge >= 0.3 is 0 Å². The maximum absolute atomic E-state index is 13.2. The number of nitrogens with one attached hydrogen (secondary N) is 2. The zero-order chi connectivity index (χ0) is 18.5. The van der Waals surface area contributed by atoms with Crippen molar-refractivity contribution in [3.05, 3.63) is 29.8 Å². The van der Waals surface area contributed by atoms with Crippen LogP contribution in [-0.2, 0) is 0 Å². The van der Waals surface area contributed by atoms with E-state index in [1.54, 1.807) is 0 Å². The highest BCUT2D eigenvalue weighted by Gasteiger charge is 2.38. The highest BCUT2D eigenvalue weighted by Crippen LogP contribution is 2.33. The van der Waals surface area contributed by atoms with Crippen molar-refractivity contribution in [2.75, 3.05) is 26.2 Å². The van der Waals surface area contributed by atoms with Gasteiger partial charge < -0.3 is 15.4 Å². The summed E-state index contributed by atoms with van der Waals surface area (Å²) in [5.74, 6) is -0.699. The molecule has 3 rings (SSSR count). The molecule has 1 heterocycles. The third-order valence-electron chi connectivity index (χ3n) is 4.84. The van der Waals surface area contributed by atoms with Crippen molar-refractivity contribution in [3.63, 3.8) is 0 Å². The topological polar surface area (TPSA) is 48.9 Å². The van der Waals surface area contributed by atoms with E-state index in [1.807, 2.05) is 6.92 Å². The first kappa shape index (κ1) is 22.1. The molecule has 2 unspecified atom stereocenters. The molecule has 1 aromatic carbocycles. The van der Waals surface area contributed by atoms with Gasteiger partial charge in [0, 0.05) is 37.3 Å². The average molecular weight is 494 g/mol. The standard InChI is InChI=1S/C19H28F2N4O.HI/c1-3-22-19(24-14-10-13(2)25(12-14)15-4-5-15)23-8-9-26-16-6-7-17(20)18(21)11-16;/h6-7,11,13-15H,3-5,8-10,12H2,1-2H3,(H2,22,23,24);1H. The van der Waals surface area contributed by atoms with E-state index in [2.05, 4.69) is 27.4 Å². The summed E-state index contributed by atoms with van der Waals surface area (Å²) in [7, 11) is 0. The Morgan fingerprint density at radius 2 is 2.07 bits per heavy atom. The highest BCUT2D eigenvalue weighted by molar-refractivity contribution is 14.0. The van der Waals surface area contributed by atoms with Crippen LogP contribution in [0.15, 0.2) is 23.2 Å². The molecule has 0 radical (unpaired) electrons. The lowest BCUT2D eigenvalue weighted by Crippen LogP contribution is -2.45. The molecule has 1 saturated heterocycles. The van der Waals surface area contributed by atoms with Gasteiger partial charge in [-0.05, 0) is 45.2 Å². The molecule has 152 valence electrons. The lowest BCUT2D eigenvalue weighted by molar-refractivity contribution is 0.256. The molecular formula is C19H29F2IN4O. The summed E-state index contributed by atoms with van der Waals surface area (Å²) < 4.78 is 31.5. The Morgan fingerprint density at radius 3 is 2.74 bits per heavy atom. The third-order valence-corrected chi connectivity index (χ3v) is 4.84. The summed E-state index contributed by atoms with van der Waals surface area (Å²) in [6, 6.07) is 5.31. The number of likely N-dealkylation sites (tertiary alicyclic amines) is 1. The van der Waals surface area contributed by atoms with Gasteiger partial charge in [-0.15, -0.1) is 24.0 Å². The minimum Gasteiger partial charge on any atom is -0.492 e. The number of rotatable bonds is 7. The lowest BCUT2D eigenvalue weighted by atomic mass is 10.2. The van der Waals surface area contributed by atoms with Crippen molar-refractivity contribution in [1.29, 1.82) is 0 Å². The van der Waals surface area contributed by atoms with E-state index in [0.29, 0.717) is 31.0 Å². The van der Waals surface area contributed by atoms with Gasteiger partial charge in [0.25, 0.3) is 0 Å². The van der Waals surface area contributed by atoms with E-state index >= 15 is 0 Å². The van der Waals surface area contributed by atoms with Crippen LogP contribution in [0.1, 0.15) is 33.1 Å². The molecule has 1 aliphatic carbocycles. The minimum absolute atomic E-state index is 0. The van der Waals surface area contributed by atoms with Crippen LogP contribution in [0.2, 0.25) is 0 Å². The second-order valence-electron chi connectivity index (χ2n) is 7.04. The Hall–Kier alpha value is -1.16. The van der Waals surface area contributed by atoms with Crippen LogP contribution in [0.5, 0.6) is 5.75 Å². The Labute approximate surface area is 177 Å². The van der Waals surface area contributed by atoms with Crippen LogP contribution in [0.4, 0.5) is 8.78 Å². The Kier molecular flexibility index (Phi) is 8.53. The fraction of sp³-hybridized carbons (Fsp3) is 0.632. The summed E-state index contributed by atoms with van der Waals surface area (Å²) >= 11 is 0. The first-order valence-corrected chi connectivity index (χ1v) is 9.45. The maximum Gasteiger partial charge on any atom is 0.191 e. The molecule has 27 heavy (non-hydrogen) atoms. The molecule has 1 aliphatic heterocycles. The van der Waals surface area contributed by atoms with Gasteiger partial charge in [-0.1, -0.05) is 0 Å². The smallest absolute Gasteiger partial charge is 0.191 e. The number of benzene rings is 1. The normalized spacial score (nSPS) is 23.0. The molecular weight excluding hydrogens is 465 g/mol. The van der Waals surface area contributed by atoms with E-state index < -0.39 is 11.6 Å². The molecule has 0 amide bonds. The number of guanidine groups is 1. The number of halogens is 3. The summed E-state index contributed by atoms with van der Waals surface area (Å²) in [6.45, 7) is 6.90. The second kappa shape index (κ2) is 10.4. The van der Waals surface area contributed by atoms with Gasteiger partial charge in [-0.25, -0.2) is 13.8 Å². The second-order valence-corrected chi connectivity index (χ2v) is 7.04. The molecule has 5 nitrogen and oxygen atoms in total. The van der Waals surface area contributed by atoms with Gasteiger partial charge in [-0.2, -0.15) is 0 Å². The number of ether oxygens (including phenoxy) is 1. The van der Waals surface area contributed by atoms with Crippen molar-refractivity contribution >= 4 is 29.9 Å². The quantitative estimate of drug-likeness (QED) is 0.265. The number of nitrogens with zero attached hydrogens (tertiary/aromatic N) is 2. The minimum atomic E-state index is -0.906. The predicted molar refractivity (Wildman–Crippen MR) is 114 cm³/mol. The Bertz CT molecular complexity index is 642. The van der Waals surface area contributed by atoms with Crippen molar-refractivity contribution < 1.29 is 13.5 Å². The van der Waals surface area contributed by atoms with Crippen LogP contribution >= 0.6 is 24.0 Å². The van der Waals surface area contributed by atoms with Crippen LogP contribution in [0.25, 0.3) is 0 Å². The fourth-order valence-electron chi connectivity index (χ4n) is 3.48. The SMILES string of the molecule is CCNC(=NCCOc1ccc(F)c(F)c1)NC1CC(C)N(C2CC2)C1.I. The molecule has 0 bridgehead atoms. The maximum atomic E-state index is 13.2. The van der Waals surface area contributed by atoms with Gasteiger partial charge in [0.05, 0.1) is 6.54 Å². The van der Waals surface area contributed by atoms with Gasteiger partial charge in [0.1, 0.15) is 12.4 Å². The van der Waals surface area contributed by atoms with Crippen LogP contribution in [-0.4, -0.2) is 55.2 Å². The fourth-order valence-corrected chi connectivity index (χ4v) is 3.48. The van der Waals surface area contributed by atoms with Crippen molar-refractivity contribution in [2.45, 2.75) is 51.2 Å². The van der Waals surface area contributed by atoms with Crippen molar-refractivity contribution in [1.82, 2.24) is 15.5 Å². The van der Waals surface area contributed by atoms with Crippen LogP contribution in [0.3, 0.4) is 0 Å². The predicted octanol–water partition coefficient (Wildman–Crippen LogP) is 3.14. The molecule has 1 saturated carbocycles. The lowest BCUT2D eigenvalue weighted by Gasteiger charge is -2.20. The number of aliphatic imine (C=N–C) groups is 1. The van der Waals surface area contributed by atoms with Gasteiger partial charge in [-0.3, -0.25) is 4.90 Å². The molecule has 2 fully saturated rings. The van der Waals surface area contributed by atoms with Gasteiger partial charge in [0.2, 0.25) is 0 Å². The summed E-state index contributed by atoms with van der Waals surface area (Å²) in [4.78, 5) is 7.12. The zero-order valence-corrected chi connectivity index (χ0v) is 18.2. The Balaban J connectivity index is 0.00000261. The average Bonchev–Trinajstić information content (AvgIpc) is 3.38. The molecule has 2 N–H and O–H groups in total. The van der Waals surface area contributed by atoms with E-state index in [-0.39, 0.29) is 24.0 Å².